The van der Waals surface area contributed by atoms with Crippen molar-refractivity contribution in [2.24, 2.45) is 0 Å². The first-order chi connectivity index (χ1) is 10.7. The summed E-state index contributed by atoms with van der Waals surface area (Å²) >= 11 is 5.82. The number of anilines is 1. The van der Waals surface area contributed by atoms with Crippen molar-refractivity contribution in [3.05, 3.63) is 40.9 Å². The van der Waals surface area contributed by atoms with Gasteiger partial charge >= 0.3 is 12.1 Å². The van der Waals surface area contributed by atoms with E-state index < -0.39 is 17.7 Å². The zero-order valence-electron chi connectivity index (χ0n) is 12.8. The quantitative estimate of drug-likeness (QED) is 0.851. The van der Waals surface area contributed by atoms with E-state index in [9.17, 15) is 14.7 Å². The van der Waals surface area contributed by atoms with Crippen molar-refractivity contribution in [2.75, 3.05) is 5.32 Å². The summed E-state index contributed by atoms with van der Waals surface area (Å²) in [6.07, 6.45) is -0.794. The number of rotatable bonds is 3. The van der Waals surface area contributed by atoms with Gasteiger partial charge in [-0.2, -0.15) is 0 Å². The summed E-state index contributed by atoms with van der Waals surface area (Å²) in [6.45, 7) is 5.10. The molecule has 23 heavy (non-hydrogen) atoms. The maximum atomic E-state index is 11.8. The number of carboxylic acids is 1. The number of carboxylic acid groups (broad SMARTS) is 1. The molecule has 0 bridgehead atoms. The number of nitrogens with one attached hydrogen (secondary N) is 1. The lowest BCUT2D eigenvalue weighted by molar-refractivity contribution is 0.0632. The van der Waals surface area contributed by atoms with Gasteiger partial charge < -0.3 is 14.3 Å². The zero-order chi connectivity index (χ0) is 17.2. The summed E-state index contributed by atoms with van der Waals surface area (Å²) in [7, 11) is 0. The van der Waals surface area contributed by atoms with Crippen LogP contribution in [0.5, 0.6) is 0 Å². The van der Waals surface area contributed by atoms with Gasteiger partial charge in [0.15, 0.2) is 0 Å². The van der Waals surface area contributed by atoms with Gasteiger partial charge in [0, 0.05) is 16.7 Å². The molecule has 1 amide bonds. The highest BCUT2D eigenvalue weighted by Gasteiger charge is 2.23. The first kappa shape index (κ1) is 16.9. The van der Waals surface area contributed by atoms with Gasteiger partial charge in [-0.05, 0) is 45.0 Å². The highest BCUT2D eigenvalue weighted by atomic mass is 35.5. The van der Waals surface area contributed by atoms with E-state index in [1.807, 2.05) is 0 Å². The number of carbonyl (C=O) groups is 2. The van der Waals surface area contributed by atoms with E-state index in [-0.39, 0.29) is 11.4 Å². The molecule has 2 rings (SSSR count). The Morgan fingerprint density at radius 2 is 1.83 bits per heavy atom. The highest BCUT2D eigenvalue weighted by molar-refractivity contribution is 6.30. The Bertz CT molecular complexity index is 728. The predicted octanol–water partition coefficient (Wildman–Crippen LogP) is 4.65. The van der Waals surface area contributed by atoms with Crippen molar-refractivity contribution >= 4 is 29.5 Å². The Morgan fingerprint density at radius 3 is 2.35 bits per heavy atom. The Morgan fingerprint density at radius 1 is 1.22 bits per heavy atom. The topological polar surface area (TPSA) is 88.8 Å². The Hall–Kier alpha value is -2.47. The molecule has 0 atom stereocenters. The van der Waals surface area contributed by atoms with E-state index in [4.69, 9.17) is 20.8 Å². The summed E-state index contributed by atoms with van der Waals surface area (Å²) in [6, 6.07) is 8.01. The van der Waals surface area contributed by atoms with Crippen LogP contribution in [-0.2, 0) is 4.74 Å². The number of aromatic carboxylic acids is 1. The van der Waals surface area contributed by atoms with E-state index in [0.29, 0.717) is 16.3 Å². The lowest BCUT2D eigenvalue weighted by Gasteiger charge is -2.19. The maximum Gasteiger partial charge on any atom is 0.414 e. The lowest BCUT2D eigenvalue weighted by atomic mass is 10.1. The largest absolute Gasteiger partial charge is 0.477 e. The van der Waals surface area contributed by atoms with E-state index >= 15 is 0 Å². The average molecular weight is 338 g/mol. The molecule has 0 aliphatic rings. The molecule has 2 N–H and O–H groups in total. The SMILES string of the molecule is CC(C)(C)OC(=O)Nc1oc(-c2ccc(Cl)cc2)cc1C(=O)O. The molecule has 6 nitrogen and oxygen atoms in total. The number of amides is 1. The van der Waals surface area contributed by atoms with Gasteiger partial charge in [0.2, 0.25) is 5.88 Å². The van der Waals surface area contributed by atoms with Gasteiger partial charge in [0.1, 0.15) is 16.9 Å². The maximum absolute atomic E-state index is 11.8. The molecule has 0 aliphatic carbocycles. The number of carbonyl (C=O) groups excluding carboxylic acids is 1. The molecule has 0 radical (unpaired) electrons. The molecule has 0 aliphatic heterocycles. The number of hydrogen-bond acceptors (Lipinski definition) is 4. The van der Waals surface area contributed by atoms with Crippen molar-refractivity contribution in [1.82, 2.24) is 0 Å². The number of ether oxygens (including phenoxy) is 1. The smallest absolute Gasteiger partial charge is 0.414 e. The van der Waals surface area contributed by atoms with Crippen molar-refractivity contribution in [3.8, 4) is 11.3 Å². The Kier molecular flexibility index (Phi) is 4.65. The first-order valence-corrected chi connectivity index (χ1v) is 7.16. The van der Waals surface area contributed by atoms with Gasteiger partial charge in [-0.3, -0.25) is 5.32 Å². The molecule has 0 saturated carbocycles. The van der Waals surface area contributed by atoms with Crippen LogP contribution >= 0.6 is 11.6 Å². The van der Waals surface area contributed by atoms with Crippen LogP contribution in [0.3, 0.4) is 0 Å². The van der Waals surface area contributed by atoms with Crippen LogP contribution in [-0.4, -0.2) is 22.8 Å². The van der Waals surface area contributed by atoms with E-state index in [1.54, 1.807) is 45.0 Å². The number of hydrogen-bond donors (Lipinski definition) is 2. The van der Waals surface area contributed by atoms with Crippen molar-refractivity contribution < 1.29 is 23.8 Å². The fourth-order valence-electron chi connectivity index (χ4n) is 1.80. The van der Waals surface area contributed by atoms with Crippen LogP contribution in [0.15, 0.2) is 34.7 Å². The molecule has 2 aromatic rings. The Labute approximate surface area is 138 Å². The minimum atomic E-state index is -1.22. The second-order valence-corrected chi connectivity index (χ2v) is 6.23. The number of furan rings is 1. The fourth-order valence-corrected chi connectivity index (χ4v) is 1.92. The molecular formula is C16H16ClNO5. The second-order valence-electron chi connectivity index (χ2n) is 5.79. The molecule has 0 spiro atoms. The van der Waals surface area contributed by atoms with Crippen LogP contribution in [0.4, 0.5) is 10.7 Å². The highest BCUT2D eigenvalue weighted by Crippen LogP contribution is 2.30. The van der Waals surface area contributed by atoms with Gasteiger partial charge in [0.05, 0.1) is 0 Å². The molecular weight excluding hydrogens is 322 g/mol. The second kappa shape index (κ2) is 6.34. The minimum absolute atomic E-state index is 0.166. The van der Waals surface area contributed by atoms with Crippen LogP contribution in [0.1, 0.15) is 31.1 Å². The summed E-state index contributed by atoms with van der Waals surface area (Å²) in [5.74, 6) is -1.11. The summed E-state index contributed by atoms with van der Waals surface area (Å²) < 4.78 is 10.5. The third kappa shape index (κ3) is 4.50. The zero-order valence-corrected chi connectivity index (χ0v) is 13.6. The molecule has 0 fully saturated rings. The van der Waals surface area contributed by atoms with E-state index in [1.165, 1.54) is 6.07 Å². The van der Waals surface area contributed by atoms with Gasteiger partial charge in [-0.25, -0.2) is 9.59 Å². The third-order valence-corrected chi connectivity index (χ3v) is 2.96. The van der Waals surface area contributed by atoms with E-state index in [2.05, 4.69) is 5.32 Å². The fraction of sp³-hybridized carbons (Fsp3) is 0.250. The summed E-state index contributed by atoms with van der Waals surface area (Å²) in [4.78, 5) is 23.1. The standard InChI is InChI=1S/C16H16ClNO5/c1-16(2,3)23-15(21)18-13-11(14(19)20)8-12(22-13)9-4-6-10(17)7-5-9/h4-8H,1-3H3,(H,18,21)(H,19,20). The summed E-state index contributed by atoms with van der Waals surface area (Å²) in [5.41, 5.74) is -0.242. The van der Waals surface area contributed by atoms with Crippen LogP contribution in [0.25, 0.3) is 11.3 Å². The lowest BCUT2D eigenvalue weighted by Crippen LogP contribution is -2.27. The third-order valence-electron chi connectivity index (χ3n) is 2.71. The number of benzene rings is 1. The van der Waals surface area contributed by atoms with Crippen molar-refractivity contribution in [2.45, 2.75) is 26.4 Å². The number of halogens is 1. The molecule has 0 saturated heterocycles. The van der Waals surface area contributed by atoms with Gasteiger partial charge in [-0.15, -0.1) is 0 Å². The van der Waals surface area contributed by atoms with Crippen LogP contribution in [0.2, 0.25) is 5.02 Å². The first-order valence-electron chi connectivity index (χ1n) is 6.79. The normalized spacial score (nSPS) is 11.1. The van der Waals surface area contributed by atoms with Crippen molar-refractivity contribution in [1.29, 1.82) is 0 Å². The van der Waals surface area contributed by atoms with Crippen molar-refractivity contribution in [3.63, 3.8) is 0 Å². The molecule has 7 heteroatoms. The molecule has 122 valence electrons. The molecule has 1 aromatic heterocycles. The van der Waals surface area contributed by atoms with Crippen LogP contribution in [0, 0.1) is 0 Å². The minimum Gasteiger partial charge on any atom is -0.477 e. The van der Waals surface area contributed by atoms with E-state index in [0.717, 1.165) is 0 Å². The average Bonchev–Trinajstić information content (AvgIpc) is 2.81. The molecule has 0 unspecified atom stereocenters. The van der Waals surface area contributed by atoms with Gasteiger partial charge in [-0.1, -0.05) is 11.6 Å². The van der Waals surface area contributed by atoms with Gasteiger partial charge in [0.25, 0.3) is 0 Å². The van der Waals surface area contributed by atoms with Crippen LogP contribution < -0.4 is 5.32 Å². The summed E-state index contributed by atoms with van der Waals surface area (Å²) in [5, 5.41) is 12.1. The predicted molar refractivity (Wildman–Crippen MR) is 86.0 cm³/mol. The molecule has 1 aromatic carbocycles. The monoisotopic (exact) mass is 337 g/mol. The molecule has 1 heterocycles. The Balaban J connectivity index is 2.30.